The average molecular weight is 347 g/mol. The first-order chi connectivity index (χ1) is 10.6. The molecule has 0 aromatic rings. The minimum Gasteiger partial charge on any atom is -0.355 e. The Labute approximate surface area is 145 Å². The van der Waals surface area contributed by atoms with Crippen molar-refractivity contribution in [1.29, 1.82) is 0 Å². The SMILES string of the molecule is CC1CCCN(C(=O)CN2CCCC(C(=O)NCCN)C2)C1.Cl. The Bertz CT molecular complexity index is 394. The molecule has 0 aromatic carbocycles. The summed E-state index contributed by atoms with van der Waals surface area (Å²) in [6, 6.07) is 0. The number of piperidine rings is 2. The van der Waals surface area contributed by atoms with Crippen LogP contribution in [0.4, 0.5) is 0 Å². The van der Waals surface area contributed by atoms with Crippen LogP contribution in [0.15, 0.2) is 0 Å². The molecule has 2 heterocycles. The molecule has 7 heteroatoms. The molecule has 3 N–H and O–H groups in total. The summed E-state index contributed by atoms with van der Waals surface area (Å²) in [7, 11) is 0. The summed E-state index contributed by atoms with van der Waals surface area (Å²) in [5, 5.41) is 2.86. The van der Waals surface area contributed by atoms with Gasteiger partial charge in [-0.05, 0) is 38.1 Å². The van der Waals surface area contributed by atoms with E-state index < -0.39 is 0 Å². The first-order valence-electron chi connectivity index (χ1n) is 8.58. The van der Waals surface area contributed by atoms with E-state index in [1.807, 2.05) is 4.90 Å². The number of amides is 2. The predicted octanol–water partition coefficient (Wildman–Crippen LogP) is 0.454. The highest BCUT2D eigenvalue weighted by atomic mass is 35.5. The highest BCUT2D eigenvalue weighted by Gasteiger charge is 2.28. The van der Waals surface area contributed by atoms with Crippen molar-refractivity contribution in [2.24, 2.45) is 17.6 Å². The van der Waals surface area contributed by atoms with Gasteiger partial charge < -0.3 is 16.0 Å². The molecule has 2 saturated heterocycles. The van der Waals surface area contributed by atoms with Crippen molar-refractivity contribution >= 4 is 24.2 Å². The van der Waals surface area contributed by atoms with E-state index in [2.05, 4.69) is 17.1 Å². The van der Waals surface area contributed by atoms with E-state index in [-0.39, 0.29) is 30.1 Å². The molecule has 2 unspecified atom stereocenters. The van der Waals surface area contributed by atoms with Gasteiger partial charge in [-0.1, -0.05) is 6.92 Å². The first-order valence-corrected chi connectivity index (χ1v) is 8.58. The Morgan fingerprint density at radius 3 is 2.61 bits per heavy atom. The Balaban J connectivity index is 0.00000264. The van der Waals surface area contributed by atoms with Gasteiger partial charge in [-0.25, -0.2) is 0 Å². The molecular formula is C16H31ClN4O2. The highest BCUT2D eigenvalue weighted by molar-refractivity contribution is 5.85. The Hall–Kier alpha value is -0.850. The molecule has 23 heavy (non-hydrogen) atoms. The van der Waals surface area contributed by atoms with Crippen molar-refractivity contribution in [2.45, 2.75) is 32.6 Å². The summed E-state index contributed by atoms with van der Waals surface area (Å²) >= 11 is 0. The summed E-state index contributed by atoms with van der Waals surface area (Å²) in [5.41, 5.74) is 5.42. The smallest absolute Gasteiger partial charge is 0.236 e. The number of nitrogens with two attached hydrogens (primary N) is 1. The lowest BCUT2D eigenvalue weighted by Crippen LogP contribution is -2.49. The van der Waals surface area contributed by atoms with E-state index in [4.69, 9.17) is 5.73 Å². The number of carbonyl (C=O) groups is 2. The van der Waals surface area contributed by atoms with E-state index in [1.54, 1.807) is 0 Å². The van der Waals surface area contributed by atoms with Crippen LogP contribution in [0.25, 0.3) is 0 Å². The number of nitrogens with one attached hydrogen (secondary N) is 1. The number of hydrogen-bond donors (Lipinski definition) is 2. The van der Waals surface area contributed by atoms with Crippen molar-refractivity contribution in [3.63, 3.8) is 0 Å². The van der Waals surface area contributed by atoms with Crippen LogP contribution in [0, 0.1) is 11.8 Å². The zero-order valence-corrected chi connectivity index (χ0v) is 14.9. The van der Waals surface area contributed by atoms with Gasteiger partial charge in [0.15, 0.2) is 0 Å². The van der Waals surface area contributed by atoms with E-state index in [9.17, 15) is 9.59 Å². The summed E-state index contributed by atoms with van der Waals surface area (Å²) in [5.74, 6) is 0.894. The quantitative estimate of drug-likeness (QED) is 0.757. The first kappa shape index (κ1) is 20.2. The molecule has 0 radical (unpaired) electrons. The average Bonchev–Trinajstić information content (AvgIpc) is 2.52. The van der Waals surface area contributed by atoms with Crippen molar-refractivity contribution < 1.29 is 9.59 Å². The van der Waals surface area contributed by atoms with Crippen molar-refractivity contribution in [1.82, 2.24) is 15.1 Å². The summed E-state index contributed by atoms with van der Waals surface area (Å²) in [4.78, 5) is 28.6. The maximum absolute atomic E-state index is 12.4. The second-order valence-corrected chi connectivity index (χ2v) is 6.74. The van der Waals surface area contributed by atoms with Gasteiger partial charge in [-0.15, -0.1) is 12.4 Å². The molecule has 0 aliphatic carbocycles. The van der Waals surface area contributed by atoms with E-state index in [0.717, 1.165) is 38.9 Å². The lowest BCUT2D eigenvalue weighted by atomic mass is 9.97. The fraction of sp³-hybridized carbons (Fsp3) is 0.875. The van der Waals surface area contributed by atoms with Gasteiger partial charge in [0.25, 0.3) is 0 Å². The summed E-state index contributed by atoms with van der Waals surface area (Å²) < 4.78 is 0. The molecule has 2 fully saturated rings. The monoisotopic (exact) mass is 346 g/mol. The van der Waals surface area contributed by atoms with E-state index in [0.29, 0.717) is 32.1 Å². The standard InChI is InChI=1S/C16H30N4O2.ClH/c1-13-4-2-9-20(10-13)15(21)12-19-8-3-5-14(11-19)16(22)18-7-6-17;/h13-14H,2-12,17H2,1H3,(H,18,22);1H. The molecule has 2 amide bonds. The molecular weight excluding hydrogens is 316 g/mol. The molecule has 2 atom stereocenters. The predicted molar refractivity (Wildman–Crippen MR) is 93.5 cm³/mol. The van der Waals surface area contributed by atoms with Crippen LogP contribution < -0.4 is 11.1 Å². The van der Waals surface area contributed by atoms with Gasteiger partial charge in [0, 0.05) is 32.7 Å². The number of rotatable bonds is 5. The maximum atomic E-state index is 12.4. The normalized spacial score (nSPS) is 25.6. The lowest BCUT2D eigenvalue weighted by molar-refractivity contribution is -0.136. The van der Waals surface area contributed by atoms with Crippen LogP contribution in [0.3, 0.4) is 0 Å². The summed E-state index contributed by atoms with van der Waals surface area (Å²) in [6.45, 7) is 7.02. The van der Waals surface area contributed by atoms with Crippen LogP contribution in [-0.2, 0) is 9.59 Å². The number of halogens is 1. The molecule has 0 spiro atoms. The third kappa shape index (κ3) is 6.28. The van der Waals surface area contributed by atoms with Gasteiger partial charge in [-0.3, -0.25) is 14.5 Å². The maximum Gasteiger partial charge on any atom is 0.236 e. The molecule has 6 nitrogen and oxygen atoms in total. The Morgan fingerprint density at radius 1 is 1.17 bits per heavy atom. The van der Waals surface area contributed by atoms with Crippen LogP contribution in [-0.4, -0.2) is 67.4 Å². The second-order valence-electron chi connectivity index (χ2n) is 6.74. The molecule has 134 valence electrons. The topological polar surface area (TPSA) is 78.7 Å². The van der Waals surface area contributed by atoms with Gasteiger partial charge in [0.2, 0.25) is 11.8 Å². The Morgan fingerprint density at radius 2 is 1.91 bits per heavy atom. The third-order valence-corrected chi connectivity index (χ3v) is 4.69. The Kier molecular flexibility index (Phi) is 8.87. The van der Waals surface area contributed by atoms with Crippen molar-refractivity contribution in [2.75, 3.05) is 45.8 Å². The molecule has 0 saturated carbocycles. The molecule has 0 bridgehead atoms. The fourth-order valence-electron chi connectivity index (χ4n) is 3.46. The van der Waals surface area contributed by atoms with Gasteiger partial charge in [-0.2, -0.15) is 0 Å². The molecule has 0 aromatic heterocycles. The molecule has 2 aliphatic rings. The van der Waals surface area contributed by atoms with Crippen LogP contribution in [0.1, 0.15) is 32.6 Å². The van der Waals surface area contributed by atoms with Gasteiger partial charge >= 0.3 is 0 Å². The highest BCUT2D eigenvalue weighted by Crippen LogP contribution is 2.19. The van der Waals surface area contributed by atoms with Gasteiger partial charge in [0.1, 0.15) is 0 Å². The molecule has 2 aliphatic heterocycles. The minimum absolute atomic E-state index is 0. The number of hydrogen-bond acceptors (Lipinski definition) is 4. The number of likely N-dealkylation sites (tertiary alicyclic amines) is 2. The van der Waals surface area contributed by atoms with Crippen LogP contribution >= 0.6 is 12.4 Å². The minimum atomic E-state index is -0.00613. The van der Waals surface area contributed by atoms with Crippen molar-refractivity contribution in [3.05, 3.63) is 0 Å². The molecule has 2 rings (SSSR count). The zero-order chi connectivity index (χ0) is 15.9. The van der Waals surface area contributed by atoms with E-state index >= 15 is 0 Å². The number of carbonyl (C=O) groups excluding carboxylic acids is 2. The fourth-order valence-corrected chi connectivity index (χ4v) is 3.46. The van der Waals surface area contributed by atoms with Crippen molar-refractivity contribution in [3.8, 4) is 0 Å². The summed E-state index contributed by atoms with van der Waals surface area (Å²) in [6.07, 6.45) is 4.21. The van der Waals surface area contributed by atoms with Crippen LogP contribution in [0.5, 0.6) is 0 Å². The number of nitrogens with zero attached hydrogens (tertiary/aromatic N) is 2. The van der Waals surface area contributed by atoms with Crippen LogP contribution in [0.2, 0.25) is 0 Å². The van der Waals surface area contributed by atoms with E-state index in [1.165, 1.54) is 6.42 Å². The third-order valence-electron chi connectivity index (χ3n) is 4.69. The second kappa shape index (κ2) is 10.1. The lowest BCUT2D eigenvalue weighted by Gasteiger charge is -2.35. The van der Waals surface area contributed by atoms with Gasteiger partial charge in [0.05, 0.1) is 12.5 Å². The zero-order valence-electron chi connectivity index (χ0n) is 14.1. The largest absolute Gasteiger partial charge is 0.355 e.